The lowest BCUT2D eigenvalue weighted by Gasteiger charge is -2.32. The van der Waals surface area contributed by atoms with Crippen molar-refractivity contribution in [1.82, 2.24) is 25.0 Å². The smallest absolute Gasteiger partial charge is 0.320 e. The highest BCUT2D eigenvalue weighted by atomic mass is 16.5. The summed E-state index contributed by atoms with van der Waals surface area (Å²) < 4.78 is 8.00. The standard InChI is InChI=1S/C36H49N9O2/c1-24-12-14-25(15-13-24)40-33(22-31(37)36(2,3)4)42-35(46)41-29-17-18-30(28-11-9-8-10-27(28)29)47-26-16-19-32(38)45(23-26)34(39)44(7)21-20-43(5)6/h8-16,19,22-23,29-30,38-39H,17-18,20-21,37H2,1-7H3,(H2,40,41,42,46)/t29-,30+/m0/s1. The summed E-state index contributed by atoms with van der Waals surface area (Å²) in [6.45, 7) is 9.48. The second-order valence-electron chi connectivity index (χ2n) is 13.3. The Labute approximate surface area is 278 Å². The van der Waals surface area contributed by atoms with Gasteiger partial charge in [0.2, 0.25) is 5.96 Å². The van der Waals surface area contributed by atoms with Crippen LogP contribution in [0, 0.1) is 23.2 Å². The van der Waals surface area contributed by atoms with Crippen LogP contribution in [0.1, 0.15) is 62.4 Å². The number of urea groups is 1. The Hall–Kier alpha value is -4.90. The first-order valence-electron chi connectivity index (χ1n) is 15.9. The van der Waals surface area contributed by atoms with E-state index < -0.39 is 0 Å². The average molecular weight is 640 g/mol. The number of benzene rings is 2. The van der Waals surface area contributed by atoms with Gasteiger partial charge in [-0.2, -0.15) is 0 Å². The highest BCUT2D eigenvalue weighted by Crippen LogP contribution is 2.38. The van der Waals surface area contributed by atoms with E-state index in [-0.39, 0.29) is 35.0 Å². The zero-order chi connectivity index (χ0) is 34.3. The van der Waals surface area contributed by atoms with Gasteiger partial charge in [0, 0.05) is 37.3 Å². The number of ether oxygens (including phenoxy) is 1. The fraction of sp³-hybridized carbons (Fsp3) is 0.389. The largest absolute Gasteiger partial charge is 0.484 e. The highest BCUT2D eigenvalue weighted by molar-refractivity contribution is 6.05. The van der Waals surface area contributed by atoms with Crippen LogP contribution in [0.4, 0.5) is 10.5 Å². The van der Waals surface area contributed by atoms with Crippen molar-refractivity contribution in [3.63, 3.8) is 0 Å². The number of carbonyl (C=O) groups excluding carboxylic acids is 1. The van der Waals surface area contributed by atoms with Crippen LogP contribution in [0.15, 0.2) is 83.6 Å². The first kappa shape index (κ1) is 35.0. The number of pyridine rings is 1. The second-order valence-corrected chi connectivity index (χ2v) is 13.3. The summed E-state index contributed by atoms with van der Waals surface area (Å²) in [5.74, 6) is 1.12. The number of likely N-dealkylation sites (N-methyl/N-ethyl adjacent to an activating group) is 2. The Bertz CT molecular complexity index is 1680. The quantitative estimate of drug-likeness (QED) is 0.165. The molecule has 1 aliphatic carbocycles. The number of rotatable bonds is 8. The Morgan fingerprint density at radius 3 is 2.38 bits per heavy atom. The molecule has 0 saturated heterocycles. The molecule has 0 spiro atoms. The predicted octanol–water partition coefficient (Wildman–Crippen LogP) is 5.43. The van der Waals surface area contributed by atoms with Crippen molar-refractivity contribution in [3.8, 4) is 5.75 Å². The molecule has 2 aromatic carbocycles. The molecule has 4 rings (SSSR count). The Kier molecular flexibility index (Phi) is 11.3. The maximum absolute atomic E-state index is 13.4. The molecule has 11 heteroatoms. The SMILES string of the molecule is Cc1ccc(N=C(C=C(N)C(C)(C)C)NC(=O)N[C@H]2CC[C@@H](Oc3ccc(=N)n(C(=N)N(C)CCN(C)C)c3)c3ccccc32)cc1. The van der Waals surface area contributed by atoms with E-state index in [1.165, 1.54) is 4.57 Å². The van der Waals surface area contributed by atoms with Crippen molar-refractivity contribution in [2.24, 2.45) is 16.1 Å². The number of nitrogens with two attached hydrogens (primary N) is 1. The van der Waals surface area contributed by atoms with Crippen molar-refractivity contribution >= 4 is 23.5 Å². The number of fused-ring (bicyclic) bond motifs is 1. The van der Waals surface area contributed by atoms with E-state index in [0.717, 1.165) is 23.2 Å². The number of hydrogen-bond acceptors (Lipinski definition) is 7. The molecular formula is C36H49N9O2. The fourth-order valence-electron chi connectivity index (χ4n) is 5.08. The number of amidine groups is 1. The Morgan fingerprint density at radius 2 is 1.72 bits per heavy atom. The first-order chi connectivity index (χ1) is 22.2. The third-order valence-electron chi connectivity index (χ3n) is 8.10. The lowest BCUT2D eigenvalue weighted by atomic mass is 9.85. The highest BCUT2D eigenvalue weighted by Gasteiger charge is 2.30. The van der Waals surface area contributed by atoms with Gasteiger partial charge in [-0.25, -0.2) is 9.79 Å². The van der Waals surface area contributed by atoms with Gasteiger partial charge in [0.25, 0.3) is 0 Å². The van der Waals surface area contributed by atoms with Gasteiger partial charge in [-0.05, 0) is 69.3 Å². The molecule has 0 unspecified atom stereocenters. The molecule has 250 valence electrons. The molecule has 1 aromatic heterocycles. The lowest BCUT2D eigenvalue weighted by Crippen LogP contribution is -2.42. The van der Waals surface area contributed by atoms with Crippen LogP contribution < -0.4 is 26.6 Å². The van der Waals surface area contributed by atoms with E-state index in [4.69, 9.17) is 21.3 Å². The van der Waals surface area contributed by atoms with Gasteiger partial charge in [0.15, 0.2) is 0 Å². The minimum atomic E-state index is -0.378. The second kappa shape index (κ2) is 15.1. The van der Waals surface area contributed by atoms with Crippen LogP contribution in [0.5, 0.6) is 5.75 Å². The molecule has 1 heterocycles. The average Bonchev–Trinajstić information content (AvgIpc) is 3.02. The van der Waals surface area contributed by atoms with E-state index in [2.05, 4.69) is 20.5 Å². The minimum Gasteiger partial charge on any atom is -0.484 e. The van der Waals surface area contributed by atoms with Gasteiger partial charge in [0.1, 0.15) is 23.2 Å². The van der Waals surface area contributed by atoms with Crippen molar-refractivity contribution in [2.75, 3.05) is 34.2 Å². The van der Waals surface area contributed by atoms with E-state index in [1.54, 1.807) is 24.4 Å². The number of hydrogen-bond donors (Lipinski definition) is 5. The number of aromatic nitrogens is 1. The molecule has 6 N–H and O–H groups in total. The van der Waals surface area contributed by atoms with Crippen molar-refractivity contribution < 1.29 is 9.53 Å². The zero-order valence-corrected chi connectivity index (χ0v) is 28.6. The van der Waals surface area contributed by atoms with Crippen LogP contribution >= 0.6 is 0 Å². The molecule has 1 aliphatic rings. The van der Waals surface area contributed by atoms with Gasteiger partial charge in [-0.3, -0.25) is 20.7 Å². The van der Waals surface area contributed by atoms with Crippen LogP contribution in [0.25, 0.3) is 0 Å². The molecule has 11 nitrogen and oxygen atoms in total. The lowest BCUT2D eigenvalue weighted by molar-refractivity contribution is 0.171. The summed E-state index contributed by atoms with van der Waals surface area (Å²) in [4.78, 5) is 21.9. The fourth-order valence-corrected chi connectivity index (χ4v) is 5.08. The van der Waals surface area contributed by atoms with E-state index >= 15 is 0 Å². The van der Waals surface area contributed by atoms with Crippen LogP contribution in [0.3, 0.4) is 0 Å². The summed E-state index contributed by atoms with van der Waals surface area (Å²) in [5, 5.41) is 23.1. The monoisotopic (exact) mass is 639 g/mol. The van der Waals surface area contributed by atoms with Crippen molar-refractivity contribution in [1.29, 1.82) is 10.8 Å². The molecule has 0 bridgehead atoms. The maximum atomic E-state index is 13.4. The normalized spacial score (nSPS) is 16.8. The summed E-state index contributed by atoms with van der Waals surface area (Å²) >= 11 is 0. The molecule has 0 radical (unpaired) electrons. The number of carbonyl (C=O) groups is 1. The number of nitrogens with one attached hydrogen (secondary N) is 4. The third-order valence-corrected chi connectivity index (χ3v) is 8.10. The molecule has 0 fully saturated rings. The molecule has 3 aromatic rings. The van der Waals surface area contributed by atoms with Crippen LogP contribution in [-0.4, -0.2) is 66.4 Å². The molecule has 47 heavy (non-hydrogen) atoms. The number of nitrogens with zero attached hydrogens (tertiary/aromatic N) is 4. The summed E-state index contributed by atoms with van der Waals surface area (Å²) in [7, 11) is 5.83. The summed E-state index contributed by atoms with van der Waals surface area (Å²) in [6, 6.07) is 18.5. The molecule has 0 saturated carbocycles. The number of aliphatic imine (C=N–C) groups is 1. The van der Waals surface area contributed by atoms with E-state index in [1.807, 2.05) is 102 Å². The molecule has 2 amide bonds. The topological polar surface area (TPSA) is 148 Å². The Morgan fingerprint density at radius 1 is 1.04 bits per heavy atom. The maximum Gasteiger partial charge on any atom is 0.320 e. The van der Waals surface area contributed by atoms with E-state index in [9.17, 15) is 4.79 Å². The van der Waals surface area contributed by atoms with Gasteiger partial charge in [0.05, 0.1) is 17.9 Å². The summed E-state index contributed by atoms with van der Waals surface area (Å²) in [6.07, 6.45) is 4.46. The zero-order valence-electron chi connectivity index (χ0n) is 28.6. The van der Waals surface area contributed by atoms with Crippen molar-refractivity contribution in [3.05, 3.63) is 101 Å². The molecule has 2 atom stereocenters. The van der Waals surface area contributed by atoms with Gasteiger partial charge >= 0.3 is 6.03 Å². The van der Waals surface area contributed by atoms with Gasteiger partial charge in [-0.15, -0.1) is 0 Å². The number of amides is 2. The Balaban J connectivity index is 1.51. The van der Waals surface area contributed by atoms with E-state index in [0.29, 0.717) is 42.4 Å². The first-order valence-corrected chi connectivity index (χ1v) is 15.9. The predicted molar refractivity (Wildman–Crippen MR) is 188 cm³/mol. The molecule has 0 aliphatic heterocycles. The molecular weight excluding hydrogens is 590 g/mol. The van der Waals surface area contributed by atoms with Gasteiger partial charge in [-0.1, -0.05) is 62.7 Å². The van der Waals surface area contributed by atoms with Gasteiger partial charge < -0.3 is 25.6 Å². The summed E-state index contributed by atoms with van der Waals surface area (Å²) in [5.41, 5.74) is 10.7. The number of allylic oxidation sites excluding steroid dienone is 1. The van der Waals surface area contributed by atoms with Crippen molar-refractivity contribution in [2.45, 2.75) is 52.7 Å². The van der Waals surface area contributed by atoms with Crippen LogP contribution in [0.2, 0.25) is 0 Å². The third kappa shape index (κ3) is 9.55. The van der Waals surface area contributed by atoms with Crippen LogP contribution in [-0.2, 0) is 0 Å². The minimum absolute atomic E-state index is 0.197. The number of aryl methyl sites for hydroxylation is 1.